The van der Waals surface area contributed by atoms with Gasteiger partial charge in [0.05, 0.1) is 6.10 Å². The molecule has 0 bridgehead atoms. The van der Waals surface area contributed by atoms with Gasteiger partial charge in [0.2, 0.25) is 0 Å². The molecule has 4 fully saturated rings. The molecule has 0 amide bonds. The average Bonchev–Trinajstić information content (AvgIpc) is 3.42. The van der Waals surface area contributed by atoms with Crippen LogP contribution in [0, 0.1) is 58.2 Å². The second-order valence-corrected chi connectivity index (χ2v) is 12.8. The summed E-state index contributed by atoms with van der Waals surface area (Å²) in [6.45, 7) is 11.8. The highest BCUT2D eigenvalue weighted by Gasteiger charge is 2.61. The number of aliphatic hydroxyl groups is 1. The van der Waals surface area contributed by atoms with Crippen LogP contribution in [0.5, 0.6) is 0 Å². The number of fused-ring (bicyclic) bond motifs is 5. The third kappa shape index (κ3) is 3.02. The lowest BCUT2D eigenvalue weighted by molar-refractivity contribution is -0.123. The molecule has 5 aliphatic rings. The lowest BCUT2D eigenvalue weighted by Crippen LogP contribution is -2.51. The van der Waals surface area contributed by atoms with Crippen molar-refractivity contribution in [2.24, 2.45) is 58.2 Å². The van der Waals surface area contributed by atoms with Crippen molar-refractivity contribution in [1.29, 1.82) is 0 Å². The normalized spacial score (nSPS) is 50.9. The molecule has 0 radical (unpaired) electrons. The zero-order valence-corrected chi connectivity index (χ0v) is 20.0. The highest BCUT2D eigenvalue weighted by Crippen LogP contribution is 2.68. The van der Waals surface area contributed by atoms with Gasteiger partial charge in [0, 0.05) is 11.8 Å². The highest BCUT2D eigenvalue weighted by atomic mass is 16.3. The topological polar surface area (TPSA) is 37.3 Å². The monoisotopic (exact) mass is 412 g/mol. The Morgan fingerprint density at radius 1 is 1.07 bits per heavy atom. The first-order valence-corrected chi connectivity index (χ1v) is 13.1. The van der Waals surface area contributed by atoms with Crippen LogP contribution in [0.4, 0.5) is 0 Å². The van der Waals surface area contributed by atoms with Crippen LogP contribution in [-0.2, 0) is 4.79 Å². The van der Waals surface area contributed by atoms with E-state index in [4.69, 9.17) is 0 Å². The summed E-state index contributed by atoms with van der Waals surface area (Å²) in [5.74, 6) is 5.80. The van der Waals surface area contributed by atoms with Crippen molar-refractivity contribution in [2.45, 2.75) is 98.5 Å². The van der Waals surface area contributed by atoms with Gasteiger partial charge in [-0.05, 0) is 104 Å². The van der Waals surface area contributed by atoms with Crippen molar-refractivity contribution < 1.29 is 9.90 Å². The fourth-order valence-electron chi connectivity index (χ4n) is 9.40. The summed E-state index contributed by atoms with van der Waals surface area (Å²) in [7, 11) is 0. The highest BCUT2D eigenvalue weighted by molar-refractivity contribution is 5.85. The second kappa shape index (κ2) is 7.19. The molecule has 0 spiro atoms. The SMILES string of the molecule is CC(C)C(=O)C1C[C@@H]1[C@@H](C)[C@H]1CC[C@H]2[C@@H]3CC=C4C[C@@H](O)CC[C@]4(C)[C@H]3CC[C@]12C. The molecule has 2 heteroatoms. The fraction of sp³-hybridized carbons (Fsp3) is 0.893. The molecule has 0 aromatic rings. The van der Waals surface area contributed by atoms with Gasteiger partial charge < -0.3 is 5.11 Å². The van der Waals surface area contributed by atoms with Crippen LogP contribution < -0.4 is 0 Å². The molecule has 1 N–H and O–H groups in total. The van der Waals surface area contributed by atoms with E-state index in [2.05, 4.69) is 40.7 Å². The third-order valence-electron chi connectivity index (χ3n) is 11.2. The number of ketones is 1. The lowest BCUT2D eigenvalue weighted by atomic mass is 9.47. The minimum absolute atomic E-state index is 0.105. The first-order valence-electron chi connectivity index (χ1n) is 13.1. The summed E-state index contributed by atoms with van der Waals surface area (Å²) in [4.78, 5) is 12.6. The Kier molecular flexibility index (Phi) is 5.09. The molecular formula is C28H44O2. The summed E-state index contributed by atoms with van der Waals surface area (Å²) < 4.78 is 0. The molecule has 10 atom stereocenters. The molecule has 4 saturated carbocycles. The zero-order valence-electron chi connectivity index (χ0n) is 20.0. The average molecular weight is 413 g/mol. The predicted molar refractivity (Wildman–Crippen MR) is 122 cm³/mol. The third-order valence-corrected chi connectivity index (χ3v) is 11.2. The summed E-state index contributed by atoms with van der Waals surface area (Å²) >= 11 is 0. The first-order chi connectivity index (χ1) is 14.2. The Hall–Kier alpha value is -0.630. The summed E-state index contributed by atoms with van der Waals surface area (Å²) in [6, 6.07) is 0. The van der Waals surface area contributed by atoms with Gasteiger partial charge in [-0.25, -0.2) is 0 Å². The first kappa shape index (κ1) is 21.2. The number of aliphatic hydroxyl groups excluding tert-OH is 1. The van der Waals surface area contributed by atoms with Gasteiger partial charge in [0.1, 0.15) is 5.78 Å². The summed E-state index contributed by atoms with van der Waals surface area (Å²) in [6.07, 6.45) is 13.5. The Labute approximate surface area is 184 Å². The van der Waals surface area contributed by atoms with Gasteiger partial charge in [-0.3, -0.25) is 4.79 Å². The van der Waals surface area contributed by atoms with Gasteiger partial charge in [0.25, 0.3) is 0 Å². The van der Waals surface area contributed by atoms with Crippen molar-refractivity contribution in [2.75, 3.05) is 0 Å². The van der Waals surface area contributed by atoms with Crippen molar-refractivity contribution in [1.82, 2.24) is 0 Å². The number of hydrogen-bond donors (Lipinski definition) is 1. The molecule has 0 aliphatic heterocycles. The van der Waals surface area contributed by atoms with Crippen LogP contribution in [0.25, 0.3) is 0 Å². The van der Waals surface area contributed by atoms with Gasteiger partial charge in [-0.1, -0.05) is 46.3 Å². The zero-order chi connectivity index (χ0) is 21.4. The minimum Gasteiger partial charge on any atom is -0.393 e. The van der Waals surface area contributed by atoms with Crippen LogP contribution >= 0.6 is 0 Å². The number of Topliss-reactive ketones (excluding diaryl/α,β-unsaturated/α-hetero) is 1. The van der Waals surface area contributed by atoms with Crippen LogP contribution in [0.3, 0.4) is 0 Å². The minimum atomic E-state index is -0.105. The number of hydrogen-bond acceptors (Lipinski definition) is 2. The van der Waals surface area contributed by atoms with Crippen LogP contribution in [0.15, 0.2) is 11.6 Å². The molecule has 30 heavy (non-hydrogen) atoms. The standard InChI is InChI=1S/C28H44O2/c1-16(2)26(30)22-15-21(22)17(3)23-8-9-24-20-7-6-18-14-19(29)10-12-27(18,4)25(20)11-13-28(23,24)5/h6,16-17,19-25,29H,7-15H2,1-5H3/t17-,19+,20+,21-,22?,23-,24+,25+,27+,28-/m1/s1. The molecule has 168 valence electrons. The molecule has 1 unspecified atom stereocenters. The number of carbonyl (C=O) groups excluding carboxylic acids is 1. The maximum absolute atomic E-state index is 12.6. The molecule has 0 saturated heterocycles. The Morgan fingerprint density at radius 3 is 2.57 bits per heavy atom. The maximum atomic E-state index is 12.6. The molecule has 0 aromatic heterocycles. The van der Waals surface area contributed by atoms with E-state index in [1.54, 1.807) is 5.57 Å². The van der Waals surface area contributed by atoms with Crippen molar-refractivity contribution in [3.63, 3.8) is 0 Å². The number of rotatable bonds is 4. The Balaban J connectivity index is 1.34. The summed E-state index contributed by atoms with van der Waals surface area (Å²) in [5, 5.41) is 10.2. The molecule has 0 heterocycles. The predicted octanol–water partition coefficient (Wildman–Crippen LogP) is 6.42. The molecular weight excluding hydrogens is 368 g/mol. The van der Waals surface area contributed by atoms with Crippen molar-refractivity contribution >= 4 is 5.78 Å². The Morgan fingerprint density at radius 2 is 1.83 bits per heavy atom. The lowest BCUT2D eigenvalue weighted by Gasteiger charge is -2.58. The van der Waals surface area contributed by atoms with Gasteiger partial charge in [-0.15, -0.1) is 0 Å². The molecule has 0 aromatic carbocycles. The van der Waals surface area contributed by atoms with E-state index < -0.39 is 0 Å². The van der Waals surface area contributed by atoms with E-state index in [-0.39, 0.29) is 12.0 Å². The van der Waals surface area contributed by atoms with E-state index >= 15 is 0 Å². The molecule has 5 rings (SSSR count). The van der Waals surface area contributed by atoms with E-state index in [0.29, 0.717) is 34.4 Å². The number of allylic oxidation sites excluding steroid dienone is 1. The largest absolute Gasteiger partial charge is 0.393 e. The van der Waals surface area contributed by atoms with E-state index in [0.717, 1.165) is 42.9 Å². The quantitative estimate of drug-likeness (QED) is 0.541. The van der Waals surface area contributed by atoms with Gasteiger partial charge in [-0.2, -0.15) is 0 Å². The van der Waals surface area contributed by atoms with Gasteiger partial charge in [0.15, 0.2) is 0 Å². The van der Waals surface area contributed by atoms with Crippen molar-refractivity contribution in [3.05, 3.63) is 11.6 Å². The second-order valence-electron chi connectivity index (χ2n) is 12.8. The van der Waals surface area contributed by atoms with Crippen LogP contribution in [-0.4, -0.2) is 17.0 Å². The maximum Gasteiger partial charge on any atom is 0.138 e. The van der Waals surface area contributed by atoms with Crippen molar-refractivity contribution in [3.8, 4) is 0 Å². The molecule has 5 aliphatic carbocycles. The van der Waals surface area contributed by atoms with E-state index in [9.17, 15) is 9.90 Å². The van der Waals surface area contributed by atoms with Crippen LogP contribution in [0.1, 0.15) is 92.4 Å². The van der Waals surface area contributed by atoms with Gasteiger partial charge >= 0.3 is 0 Å². The van der Waals surface area contributed by atoms with Crippen LogP contribution in [0.2, 0.25) is 0 Å². The summed E-state index contributed by atoms with van der Waals surface area (Å²) in [5.41, 5.74) is 2.41. The molecule has 2 nitrogen and oxygen atoms in total. The van der Waals surface area contributed by atoms with E-state index in [1.807, 2.05) is 0 Å². The fourth-order valence-corrected chi connectivity index (χ4v) is 9.40. The smallest absolute Gasteiger partial charge is 0.138 e. The van der Waals surface area contributed by atoms with E-state index in [1.165, 1.54) is 38.5 Å². The number of carbonyl (C=O) groups is 1. The Bertz CT molecular complexity index is 737.